The normalized spacial score (nSPS) is 24.6. The SMILES string of the molecule is C=CC(=O)Nc1ncnc2c1ncn2C1O[C@H](CNC(=O)OC)[C@@H](O)[C@H]1O. The van der Waals surface area contributed by atoms with Crippen LogP contribution in [0.2, 0.25) is 0 Å². The molecule has 12 nitrogen and oxygen atoms in total. The van der Waals surface area contributed by atoms with Gasteiger partial charge in [0.1, 0.15) is 24.6 Å². The number of carbonyl (C=O) groups excluding carboxylic acids is 2. The number of carbonyl (C=O) groups is 2. The summed E-state index contributed by atoms with van der Waals surface area (Å²) < 4.78 is 11.5. The Kier molecular flexibility index (Phi) is 5.30. The molecule has 1 unspecified atom stereocenters. The Morgan fingerprint density at radius 1 is 1.37 bits per heavy atom. The first kappa shape index (κ1) is 18.7. The number of rotatable bonds is 5. The molecule has 0 spiro atoms. The van der Waals surface area contributed by atoms with Crippen LogP contribution in [0.1, 0.15) is 6.23 Å². The van der Waals surface area contributed by atoms with Gasteiger partial charge in [0.2, 0.25) is 5.91 Å². The van der Waals surface area contributed by atoms with E-state index in [1.54, 1.807) is 0 Å². The monoisotopic (exact) mass is 378 g/mol. The number of aromatic nitrogens is 4. The molecule has 2 amide bonds. The maximum absolute atomic E-state index is 11.5. The van der Waals surface area contributed by atoms with E-state index in [4.69, 9.17) is 4.74 Å². The Balaban J connectivity index is 1.85. The Bertz CT molecular complexity index is 870. The maximum Gasteiger partial charge on any atom is 0.406 e. The Hall–Kier alpha value is -3.09. The number of fused-ring (bicyclic) bond motifs is 1. The summed E-state index contributed by atoms with van der Waals surface area (Å²) in [6.45, 7) is 3.30. The maximum atomic E-state index is 11.5. The van der Waals surface area contributed by atoms with Crippen molar-refractivity contribution in [2.75, 3.05) is 19.0 Å². The molecule has 1 aliphatic rings. The number of amides is 2. The first-order valence-corrected chi connectivity index (χ1v) is 7.90. The minimum atomic E-state index is -1.30. The van der Waals surface area contributed by atoms with Crippen LogP contribution in [-0.2, 0) is 14.3 Å². The van der Waals surface area contributed by atoms with Crippen molar-refractivity contribution in [3.63, 3.8) is 0 Å². The molecule has 1 fully saturated rings. The zero-order valence-electron chi connectivity index (χ0n) is 14.3. The fourth-order valence-electron chi connectivity index (χ4n) is 2.68. The van der Waals surface area contributed by atoms with E-state index >= 15 is 0 Å². The number of nitrogens with one attached hydrogen (secondary N) is 2. The summed E-state index contributed by atoms with van der Waals surface area (Å²) in [7, 11) is 1.21. The van der Waals surface area contributed by atoms with Crippen molar-refractivity contribution in [1.29, 1.82) is 0 Å². The molecule has 1 aliphatic heterocycles. The number of hydrogen-bond donors (Lipinski definition) is 4. The van der Waals surface area contributed by atoms with Gasteiger partial charge in [0.15, 0.2) is 23.2 Å². The van der Waals surface area contributed by atoms with Gasteiger partial charge < -0.3 is 30.3 Å². The van der Waals surface area contributed by atoms with E-state index in [0.29, 0.717) is 0 Å². The van der Waals surface area contributed by atoms with E-state index in [0.717, 1.165) is 6.08 Å². The van der Waals surface area contributed by atoms with Crippen molar-refractivity contribution in [2.24, 2.45) is 0 Å². The number of anilines is 1. The van der Waals surface area contributed by atoms with Gasteiger partial charge >= 0.3 is 6.09 Å². The zero-order chi connectivity index (χ0) is 19.6. The number of alkyl carbamates (subject to hydrolysis) is 1. The third kappa shape index (κ3) is 3.58. The number of nitrogens with zero attached hydrogens (tertiary/aromatic N) is 4. The molecule has 2 aromatic heterocycles. The molecule has 1 saturated heterocycles. The molecular weight excluding hydrogens is 360 g/mol. The van der Waals surface area contributed by atoms with Gasteiger partial charge in [-0.05, 0) is 6.08 Å². The first-order chi connectivity index (χ1) is 13.0. The van der Waals surface area contributed by atoms with E-state index < -0.39 is 36.5 Å². The summed E-state index contributed by atoms with van der Waals surface area (Å²) >= 11 is 0. The van der Waals surface area contributed by atoms with Gasteiger partial charge in [0.05, 0.1) is 13.4 Å². The van der Waals surface area contributed by atoms with Gasteiger partial charge in [-0.15, -0.1) is 0 Å². The van der Waals surface area contributed by atoms with Gasteiger partial charge in [-0.2, -0.15) is 0 Å². The molecule has 0 aliphatic carbocycles. The molecule has 144 valence electrons. The minimum absolute atomic E-state index is 0.0658. The van der Waals surface area contributed by atoms with Crippen LogP contribution in [0.5, 0.6) is 0 Å². The molecule has 27 heavy (non-hydrogen) atoms. The van der Waals surface area contributed by atoms with E-state index in [1.165, 1.54) is 24.3 Å². The summed E-state index contributed by atoms with van der Waals surface area (Å²) in [4.78, 5) is 34.9. The smallest absolute Gasteiger partial charge is 0.406 e. The topological polar surface area (TPSA) is 161 Å². The lowest BCUT2D eigenvalue weighted by atomic mass is 10.1. The highest BCUT2D eigenvalue weighted by molar-refractivity contribution is 6.02. The lowest BCUT2D eigenvalue weighted by molar-refractivity contribution is -0.111. The molecule has 0 aromatic carbocycles. The lowest BCUT2D eigenvalue weighted by Gasteiger charge is -2.16. The molecule has 2 aromatic rings. The van der Waals surface area contributed by atoms with Crippen LogP contribution in [0, 0.1) is 0 Å². The Morgan fingerprint density at radius 3 is 2.85 bits per heavy atom. The molecule has 0 bridgehead atoms. The molecular formula is C15H18N6O6. The number of aliphatic hydroxyl groups is 2. The van der Waals surface area contributed by atoms with Crippen molar-refractivity contribution >= 4 is 29.0 Å². The van der Waals surface area contributed by atoms with Gasteiger partial charge in [-0.25, -0.2) is 19.7 Å². The molecule has 3 heterocycles. The van der Waals surface area contributed by atoms with Crippen molar-refractivity contribution < 1.29 is 29.3 Å². The van der Waals surface area contributed by atoms with Crippen LogP contribution < -0.4 is 10.6 Å². The third-order valence-corrected chi connectivity index (χ3v) is 4.03. The van der Waals surface area contributed by atoms with Gasteiger partial charge in [-0.3, -0.25) is 9.36 Å². The van der Waals surface area contributed by atoms with Crippen LogP contribution in [0.4, 0.5) is 10.6 Å². The van der Waals surface area contributed by atoms with Crippen LogP contribution in [0.3, 0.4) is 0 Å². The molecule has 4 atom stereocenters. The minimum Gasteiger partial charge on any atom is -0.453 e. The Morgan fingerprint density at radius 2 is 2.15 bits per heavy atom. The van der Waals surface area contributed by atoms with Crippen molar-refractivity contribution in [3.05, 3.63) is 25.3 Å². The second kappa shape index (κ2) is 7.65. The lowest BCUT2D eigenvalue weighted by Crippen LogP contribution is -2.39. The van der Waals surface area contributed by atoms with Gasteiger partial charge in [0, 0.05) is 6.54 Å². The number of ether oxygens (including phenoxy) is 2. The van der Waals surface area contributed by atoms with Crippen LogP contribution in [-0.4, -0.2) is 73.7 Å². The standard InChI is InChI=1S/C15H18N6O6/c1-3-8(22)20-12-9-13(18-5-17-12)21(6-19-9)14-11(24)10(23)7(27-14)4-16-15(25)26-2/h3,5-7,10-11,14,23-24H,1,4H2,2H3,(H,16,25)(H,17,18,20,22)/t7-,10-,11-,14?/m1/s1. The predicted molar refractivity (Wildman–Crippen MR) is 90.5 cm³/mol. The average molecular weight is 378 g/mol. The highest BCUT2D eigenvalue weighted by atomic mass is 16.6. The molecule has 12 heteroatoms. The van der Waals surface area contributed by atoms with E-state index in [-0.39, 0.29) is 23.5 Å². The van der Waals surface area contributed by atoms with E-state index in [1.807, 2.05) is 0 Å². The highest BCUT2D eigenvalue weighted by Crippen LogP contribution is 2.32. The predicted octanol–water partition coefficient (Wildman–Crippen LogP) is -1.07. The van der Waals surface area contributed by atoms with E-state index in [9.17, 15) is 19.8 Å². The number of imidazole rings is 1. The van der Waals surface area contributed by atoms with E-state index in [2.05, 4.69) is 36.9 Å². The fraction of sp³-hybridized carbons (Fsp3) is 0.400. The van der Waals surface area contributed by atoms with Crippen molar-refractivity contribution in [2.45, 2.75) is 24.5 Å². The summed E-state index contributed by atoms with van der Waals surface area (Å²) in [6, 6.07) is 0. The largest absolute Gasteiger partial charge is 0.453 e. The molecule has 0 saturated carbocycles. The second-order valence-corrected chi connectivity index (χ2v) is 5.66. The fourth-order valence-corrected chi connectivity index (χ4v) is 2.68. The molecule has 4 N–H and O–H groups in total. The second-order valence-electron chi connectivity index (χ2n) is 5.66. The average Bonchev–Trinajstić information content (AvgIpc) is 3.22. The molecule has 3 rings (SSSR count). The van der Waals surface area contributed by atoms with Crippen molar-refractivity contribution in [3.8, 4) is 0 Å². The summed E-state index contributed by atoms with van der Waals surface area (Å²) in [5.74, 6) is -0.299. The highest BCUT2D eigenvalue weighted by Gasteiger charge is 2.44. The van der Waals surface area contributed by atoms with Gasteiger partial charge in [-0.1, -0.05) is 6.58 Å². The number of aliphatic hydroxyl groups excluding tert-OH is 2. The van der Waals surface area contributed by atoms with Crippen LogP contribution >= 0.6 is 0 Å². The quantitative estimate of drug-likeness (QED) is 0.475. The first-order valence-electron chi connectivity index (χ1n) is 7.90. The summed E-state index contributed by atoms with van der Waals surface area (Å²) in [5, 5.41) is 25.4. The molecule has 0 radical (unpaired) electrons. The van der Waals surface area contributed by atoms with Crippen LogP contribution in [0.25, 0.3) is 11.2 Å². The third-order valence-electron chi connectivity index (χ3n) is 4.03. The van der Waals surface area contributed by atoms with Gasteiger partial charge in [0.25, 0.3) is 0 Å². The van der Waals surface area contributed by atoms with Crippen molar-refractivity contribution in [1.82, 2.24) is 24.8 Å². The summed E-state index contributed by atoms with van der Waals surface area (Å²) in [5.41, 5.74) is 0.552. The zero-order valence-corrected chi connectivity index (χ0v) is 14.3. The number of hydrogen-bond acceptors (Lipinski definition) is 9. The Labute approximate surface area is 152 Å². The number of methoxy groups -OCH3 is 1. The van der Waals surface area contributed by atoms with Crippen LogP contribution in [0.15, 0.2) is 25.3 Å². The summed E-state index contributed by atoms with van der Waals surface area (Å²) in [6.07, 6.45) is -1.47.